The molecule has 0 aliphatic heterocycles. The molecule has 0 unspecified atom stereocenters. The van der Waals surface area contributed by atoms with Crippen molar-refractivity contribution >= 4 is 23.3 Å². The summed E-state index contributed by atoms with van der Waals surface area (Å²) in [5.41, 5.74) is 0.382. The molecule has 1 heterocycles. The fourth-order valence-corrected chi connectivity index (χ4v) is 3.45. The molecule has 3 rings (SSSR count). The van der Waals surface area contributed by atoms with Crippen LogP contribution < -0.4 is 20.3 Å². The van der Waals surface area contributed by atoms with Crippen LogP contribution in [-0.4, -0.2) is 37.0 Å². The van der Waals surface area contributed by atoms with Crippen molar-refractivity contribution in [3.63, 3.8) is 0 Å². The van der Waals surface area contributed by atoms with E-state index in [0.717, 1.165) is 22.3 Å². The summed E-state index contributed by atoms with van der Waals surface area (Å²) in [5, 5.41) is 2.88. The number of methoxy groups -OCH3 is 2. The van der Waals surface area contributed by atoms with E-state index >= 15 is 0 Å². The normalized spacial score (nSPS) is 11.5. The second kappa shape index (κ2) is 10.8. The van der Waals surface area contributed by atoms with Crippen LogP contribution in [0.25, 0.3) is 0 Å². The first-order chi connectivity index (χ1) is 15.8. The van der Waals surface area contributed by atoms with Crippen LogP contribution in [0.1, 0.15) is 22.0 Å². The zero-order valence-electron chi connectivity index (χ0n) is 18.0. The quantitative estimate of drug-likeness (QED) is 0.381. The number of hydrogen-bond acceptors (Lipinski definition) is 5. The minimum Gasteiger partial charge on any atom is -0.493 e. The van der Waals surface area contributed by atoms with Crippen molar-refractivity contribution in [3.8, 4) is 11.5 Å². The van der Waals surface area contributed by atoms with Crippen molar-refractivity contribution in [1.29, 1.82) is 0 Å². The highest BCUT2D eigenvalue weighted by atomic mass is 35.5. The van der Waals surface area contributed by atoms with Crippen LogP contribution in [0.2, 0.25) is 5.02 Å². The number of aromatic nitrogens is 1. The Morgan fingerprint density at radius 1 is 1.03 bits per heavy atom. The highest BCUT2D eigenvalue weighted by Crippen LogP contribution is 2.27. The molecule has 172 valence electrons. The van der Waals surface area contributed by atoms with Crippen molar-refractivity contribution < 1.29 is 23.5 Å². The van der Waals surface area contributed by atoms with Crippen LogP contribution in [0.15, 0.2) is 65.6 Å². The molecule has 3 aromatic rings. The molecular formula is C24H22ClFN2O5. The van der Waals surface area contributed by atoms with Crippen molar-refractivity contribution in [2.75, 3.05) is 20.8 Å². The first-order valence-electron chi connectivity index (χ1n) is 10.00. The second-order valence-electron chi connectivity index (χ2n) is 7.10. The average molecular weight is 473 g/mol. The minimum atomic E-state index is -1.51. The number of amides is 1. The first kappa shape index (κ1) is 24.0. The maximum absolute atomic E-state index is 13.3. The largest absolute Gasteiger partial charge is 0.493 e. The highest BCUT2D eigenvalue weighted by Gasteiger charge is 2.30. The summed E-state index contributed by atoms with van der Waals surface area (Å²) in [6.07, 6.45) is 1.66. The van der Waals surface area contributed by atoms with Gasteiger partial charge in [0.25, 0.3) is 11.5 Å². The van der Waals surface area contributed by atoms with E-state index in [1.807, 2.05) is 6.07 Å². The number of pyridine rings is 1. The van der Waals surface area contributed by atoms with Gasteiger partial charge in [-0.25, -0.2) is 4.39 Å². The maximum atomic E-state index is 13.3. The van der Waals surface area contributed by atoms with Gasteiger partial charge in [-0.2, -0.15) is 0 Å². The van der Waals surface area contributed by atoms with E-state index in [4.69, 9.17) is 21.1 Å². The molecule has 0 aliphatic rings. The number of rotatable bonds is 9. The van der Waals surface area contributed by atoms with Gasteiger partial charge in [0.15, 0.2) is 23.3 Å². The fraction of sp³-hybridized carbons (Fsp3) is 0.208. The van der Waals surface area contributed by atoms with Gasteiger partial charge >= 0.3 is 0 Å². The Hall–Kier alpha value is -3.65. The average Bonchev–Trinajstić information content (AvgIpc) is 2.81. The summed E-state index contributed by atoms with van der Waals surface area (Å²) in [6, 6.07) is 11.1. The van der Waals surface area contributed by atoms with Crippen LogP contribution in [-0.2, 0) is 11.2 Å². The molecule has 0 bridgehead atoms. The van der Waals surface area contributed by atoms with E-state index in [-0.39, 0.29) is 17.1 Å². The summed E-state index contributed by atoms with van der Waals surface area (Å²) >= 11 is 6.00. The van der Waals surface area contributed by atoms with E-state index in [1.54, 1.807) is 12.1 Å². The molecule has 0 saturated carbocycles. The molecule has 0 radical (unpaired) electrons. The Bertz CT molecular complexity index is 1210. The molecule has 0 saturated heterocycles. The Morgan fingerprint density at radius 3 is 2.39 bits per heavy atom. The lowest BCUT2D eigenvalue weighted by Crippen LogP contribution is -2.41. The third-order valence-electron chi connectivity index (χ3n) is 4.97. The molecule has 0 spiro atoms. The summed E-state index contributed by atoms with van der Waals surface area (Å²) in [4.78, 5) is 38.6. The van der Waals surface area contributed by atoms with Crippen molar-refractivity contribution in [3.05, 3.63) is 93.1 Å². The predicted octanol–water partition coefficient (Wildman–Crippen LogP) is 3.44. The van der Waals surface area contributed by atoms with E-state index in [2.05, 4.69) is 5.32 Å². The van der Waals surface area contributed by atoms with Gasteiger partial charge in [-0.15, -0.1) is 0 Å². The molecular weight excluding hydrogens is 451 g/mol. The van der Waals surface area contributed by atoms with Crippen LogP contribution in [0.4, 0.5) is 4.39 Å². The number of ether oxygens (including phenoxy) is 2. The Labute approximate surface area is 194 Å². The molecule has 2 aromatic carbocycles. The summed E-state index contributed by atoms with van der Waals surface area (Å²) in [7, 11) is 3.06. The Balaban J connectivity index is 1.82. The number of halogens is 2. The number of carbonyl (C=O) groups excluding carboxylic acids is 2. The predicted molar refractivity (Wildman–Crippen MR) is 122 cm³/mol. The zero-order chi connectivity index (χ0) is 24.0. The molecule has 0 fully saturated rings. The highest BCUT2D eigenvalue weighted by molar-refractivity contribution is 6.30. The van der Waals surface area contributed by atoms with Crippen molar-refractivity contribution in [1.82, 2.24) is 9.88 Å². The first-order valence-corrected chi connectivity index (χ1v) is 10.4. The number of ketones is 1. The second-order valence-corrected chi connectivity index (χ2v) is 7.53. The Kier molecular flexibility index (Phi) is 7.84. The van der Waals surface area contributed by atoms with Crippen LogP contribution in [0.5, 0.6) is 11.5 Å². The number of carbonyl (C=O) groups is 2. The fourth-order valence-electron chi connectivity index (χ4n) is 3.28. The van der Waals surface area contributed by atoms with Crippen molar-refractivity contribution in [2.24, 2.45) is 0 Å². The van der Waals surface area contributed by atoms with Gasteiger partial charge in [-0.1, -0.05) is 17.7 Å². The van der Waals surface area contributed by atoms with Gasteiger partial charge < -0.3 is 14.8 Å². The van der Waals surface area contributed by atoms with E-state index in [0.29, 0.717) is 17.9 Å². The summed E-state index contributed by atoms with van der Waals surface area (Å²) in [6.45, 7) is 0.191. The van der Waals surface area contributed by atoms with Crippen LogP contribution in [0.3, 0.4) is 0 Å². The smallest absolute Gasteiger partial charge is 0.251 e. The third-order valence-corrected chi connectivity index (χ3v) is 5.19. The lowest BCUT2D eigenvalue weighted by molar-refractivity contribution is -0.123. The van der Waals surface area contributed by atoms with Gasteiger partial charge in [0, 0.05) is 24.4 Å². The SMILES string of the molecule is COc1ccc(CCNC(=O)[C@@H](C(=O)c2ccc(F)cc2)n2cc(Cl)ccc2=O)cc1OC. The molecule has 1 aromatic heterocycles. The lowest BCUT2D eigenvalue weighted by atomic mass is 10.0. The number of nitrogens with zero attached hydrogens (tertiary/aromatic N) is 1. The molecule has 1 atom stereocenters. The molecule has 1 N–H and O–H groups in total. The third kappa shape index (κ3) is 5.78. The molecule has 0 aliphatic carbocycles. The Morgan fingerprint density at radius 2 is 1.73 bits per heavy atom. The van der Waals surface area contributed by atoms with Gasteiger partial charge in [-0.3, -0.25) is 19.0 Å². The minimum absolute atomic E-state index is 0.0864. The van der Waals surface area contributed by atoms with E-state index < -0.39 is 29.1 Å². The van der Waals surface area contributed by atoms with Crippen LogP contribution >= 0.6 is 11.6 Å². The summed E-state index contributed by atoms with van der Waals surface area (Å²) in [5.74, 6) is -0.744. The maximum Gasteiger partial charge on any atom is 0.251 e. The molecule has 1 amide bonds. The summed E-state index contributed by atoms with van der Waals surface area (Å²) < 4.78 is 24.8. The lowest BCUT2D eigenvalue weighted by Gasteiger charge is -2.19. The molecule has 33 heavy (non-hydrogen) atoms. The number of nitrogens with one attached hydrogen (secondary N) is 1. The van der Waals surface area contributed by atoms with Gasteiger partial charge in [-0.05, 0) is 54.4 Å². The van der Waals surface area contributed by atoms with E-state index in [9.17, 15) is 18.8 Å². The van der Waals surface area contributed by atoms with Crippen molar-refractivity contribution in [2.45, 2.75) is 12.5 Å². The topological polar surface area (TPSA) is 86.6 Å². The standard InChI is InChI=1S/C24H22ClFN2O5/c1-32-19-9-3-15(13-20(19)33-2)11-12-27-24(31)22(28-14-17(25)6-10-21(28)29)23(30)16-4-7-18(26)8-5-16/h3-10,13-14,22H,11-12H2,1-2H3,(H,27,31)/t22-/m1/s1. The molecule has 7 nitrogen and oxygen atoms in total. The van der Waals surface area contributed by atoms with Gasteiger partial charge in [0.1, 0.15) is 5.82 Å². The molecule has 9 heteroatoms. The van der Waals surface area contributed by atoms with E-state index in [1.165, 1.54) is 44.7 Å². The monoisotopic (exact) mass is 472 g/mol. The number of benzene rings is 2. The number of Topliss-reactive ketones (excluding diaryl/α,β-unsaturated/α-hetero) is 1. The van der Waals surface area contributed by atoms with Gasteiger partial charge in [0.05, 0.1) is 19.2 Å². The van der Waals surface area contributed by atoms with Gasteiger partial charge in [0.2, 0.25) is 0 Å². The number of hydrogen-bond donors (Lipinski definition) is 1. The zero-order valence-corrected chi connectivity index (χ0v) is 18.8. The van der Waals surface area contributed by atoms with Crippen LogP contribution in [0, 0.1) is 5.82 Å².